The molecular formula is C65H123NO8. The molecule has 7 atom stereocenters. The maximum absolute atomic E-state index is 13.1. The van der Waals surface area contributed by atoms with Gasteiger partial charge in [0.15, 0.2) is 6.29 Å². The van der Waals surface area contributed by atoms with Crippen molar-refractivity contribution in [1.82, 2.24) is 5.32 Å². The molecule has 9 nitrogen and oxygen atoms in total. The van der Waals surface area contributed by atoms with Gasteiger partial charge in [0.2, 0.25) is 5.91 Å². The SMILES string of the molecule is CCCCCCC/C=C\C/C=C\CCCCCCCCCCCCCCCCCCCCCCCCCCCC(=O)NC(COC1OC(CO)C(O)C(O)C1O)C(O)/C=C/CCCCCCCCCCCCCC. The number of hydrogen-bond acceptors (Lipinski definition) is 8. The molecule has 74 heavy (non-hydrogen) atoms. The van der Waals surface area contributed by atoms with Gasteiger partial charge in [-0.15, -0.1) is 0 Å². The number of nitrogens with one attached hydrogen (secondary N) is 1. The van der Waals surface area contributed by atoms with Gasteiger partial charge >= 0.3 is 0 Å². The first-order valence-electron chi connectivity index (χ1n) is 32.2. The number of rotatable bonds is 56. The quantitative estimate of drug-likeness (QED) is 0.0261. The van der Waals surface area contributed by atoms with Crippen LogP contribution in [0.5, 0.6) is 0 Å². The zero-order valence-electron chi connectivity index (χ0n) is 48.6. The Labute approximate surface area is 457 Å². The molecule has 0 bridgehead atoms. The molecule has 0 aliphatic carbocycles. The highest BCUT2D eigenvalue weighted by atomic mass is 16.7. The Morgan fingerprint density at radius 1 is 0.459 bits per heavy atom. The van der Waals surface area contributed by atoms with Crippen molar-refractivity contribution in [1.29, 1.82) is 0 Å². The average molecular weight is 1050 g/mol. The number of ether oxygens (including phenoxy) is 2. The van der Waals surface area contributed by atoms with E-state index in [1.807, 2.05) is 6.08 Å². The summed E-state index contributed by atoms with van der Waals surface area (Å²) in [6, 6.07) is -0.802. The smallest absolute Gasteiger partial charge is 0.220 e. The molecule has 7 unspecified atom stereocenters. The van der Waals surface area contributed by atoms with E-state index in [4.69, 9.17) is 9.47 Å². The van der Waals surface area contributed by atoms with Crippen LogP contribution in [-0.2, 0) is 14.3 Å². The molecule has 1 heterocycles. The highest BCUT2D eigenvalue weighted by Crippen LogP contribution is 2.23. The zero-order chi connectivity index (χ0) is 53.6. The number of aliphatic hydroxyl groups excluding tert-OH is 5. The minimum Gasteiger partial charge on any atom is -0.394 e. The lowest BCUT2D eigenvalue weighted by Crippen LogP contribution is -2.60. The zero-order valence-corrected chi connectivity index (χ0v) is 48.6. The maximum Gasteiger partial charge on any atom is 0.220 e. The van der Waals surface area contributed by atoms with Gasteiger partial charge in [0, 0.05) is 6.42 Å². The van der Waals surface area contributed by atoms with Crippen molar-refractivity contribution in [2.75, 3.05) is 13.2 Å². The summed E-state index contributed by atoms with van der Waals surface area (Å²) in [5.74, 6) is -0.171. The molecule has 1 aliphatic heterocycles. The van der Waals surface area contributed by atoms with Gasteiger partial charge in [-0.25, -0.2) is 0 Å². The fraction of sp³-hybridized carbons (Fsp3) is 0.892. The summed E-state index contributed by atoms with van der Waals surface area (Å²) in [5.41, 5.74) is 0. The van der Waals surface area contributed by atoms with Gasteiger partial charge in [0.25, 0.3) is 0 Å². The van der Waals surface area contributed by atoms with Crippen molar-refractivity contribution in [3.05, 3.63) is 36.5 Å². The third kappa shape index (κ3) is 43.4. The first-order chi connectivity index (χ1) is 36.3. The van der Waals surface area contributed by atoms with Crippen LogP contribution < -0.4 is 5.32 Å². The molecule has 1 fully saturated rings. The Morgan fingerprint density at radius 2 is 0.797 bits per heavy atom. The molecule has 0 aromatic heterocycles. The van der Waals surface area contributed by atoms with Gasteiger partial charge in [-0.2, -0.15) is 0 Å². The number of carbonyl (C=O) groups is 1. The standard InChI is InChI=1S/C65H123NO8/c1-3-5-7-9-11-13-15-17-19-20-21-22-23-24-25-26-27-28-29-30-31-32-33-34-35-36-37-38-39-40-41-43-45-47-49-51-53-55-61(69)66-58(57-73-65-64(72)63(71)62(70)60(56-67)74-65)59(68)54-52-50-48-46-44-42-18-16-14-12-10-8-6-4-2/h15,17,20-21,52,54,58-60,62-65,67-68,70-72H,3-14,16,18-19,22-51,53,55-57H2,1-2H3,(H,66,69)/b17-15-,21-20-,54-52+. The van der Waals surface area contributed by atoms with Crippen LogP contribution >= 0.6 is 0 Å². The maximum atomic E-state index is 13.1. The number of allylic oxidation sites excluding steroid dienone is 5. The molecule has 1 rings (SSSR count). The predicted molar refractivity (Wildman–Crippen MR) is 313 cm³/mol. The van der Waals surface area contributed by atoms with Gasteiger partial charge in [0.05, 0.1) is 25.4 Å². The van der Waals surface area contributed by atoms with Crippen molar-refractivity contribution in [3.8, 4) is 0 Å². The second-order valence-corrected chi connectivity index (χ2v) is 22.6. The van der Waals surface area contributed by atoms with Crippen molar-refractivity contribution in [2.45, 2.75) is 358 Å². The normalized spacial score (nSPS) is 19.1. The van der Waals surface area contributed by atoms with E-state index in [0.717, 1.165) is 44.9 Å². The number of hydrogen-bond donors (Lipinski definition) is 6. The lowest BCUT2D eigenvalue weighted by molar-refractivity contribution is -0.302. The Morgan fingerprint density at radius 3 is 1.16 bits per heavy atom. The molecule has 1 aliphatic rings. The highest BCUT2D eigenvalue weighted by Gasteiger charge is 2.44. The van der Waals surface area contributed by atoms with Crippen LogP contribution in [0, 0.1) is 0 Å². The predicted octanol–water partition coefficient (Wildman–Crippen LogP) is 16.7. The molecule has 0 radical (unpaired) electrons. The summed E-state index contributed by atoms with van der Waals surface area (Å²) in [6.07, 6.45) is 65.3. The highest BCUT2D eigenvalue weighted by molar-refractivity contribution is 5.76. The first-order valence-corrected chi connectivity index (χ1v) is 32.2. The van der Waals surface area contributed by atoms with Crippen LogP contribution in [0.4, 0.5) is 0 Å². The number of unbranched alkanes of at least 4 members (excludes halogenated alkanes) is 42. The van der Waals surface area contributed by atoms with Crippen molar-refractivity contribution in [2.24, 2.45) is 0 Å². The van der Waals surface area contributed by atoms with Crippen LogP contribution in [0.25, 0.3) is 0 Å². The summed E-state index contributed by atoms with van der Waals surface area (Å²) >= 11 is 0. The van der Waals surface area contributed by atoms with E-state index in [1.54, 1.807) is 6.08 Å². The van der Waals surface area contributed by atoms with E-state index in [0.29, 0.717) is 6.42 Å². The summed E-state index contributed by atoms with van der Waals surface area (Å²) in [5, 5.41) is 54.5. The average Bonchev–Trinajstić information content (AvgIpc) is 3.40. The fourth-order valence-electron chi connectivity index (χ4n) is 10.4. The lowest BCUT2D eigenvalue weighted by atomic mass is 9.99. The second kappa shape index (κ2) is 54.8. The van der Waals surface area contributed by atoms with Crippen LogP contribution in [0.15, 0.2) is 36.5 Å². The molecule has 6 N–H and O–H groups in total. The first kappa shape index (κ1) is 70.4. The summed E-state index contributed by atoms with van der Waals surface area (Å²) in [6.45, 7) is 3.79. The largest absolute Gasteiger partial charge is 0.394 e. The number of carbonyl (C=O) groups excluding carboxylic acids is 1. The van der Waals surface area contributed by atoms with Crippen LogP contribution in [0.1, 0.15) is 316 Å². The molecule has 9 heteroatoms. The second-order valence-electron chi connectivity index (χ2n) is 22.6. The van der Waals surface area contributed by atoms with Crippen LogP contribution in [0.3, 0.4) is 0 Å². The minimum absolute atomic E-state index is 0.171. The monoisotopic (exact) mass is 1050 g/mol. The molecular weight excluding hydrogens is 923 g/mol. The molecule has 0 aromatic carbocycles. The summed E-state index contributed by atoms with van der Waals surface area (Å²) in [4.78, 5) is 13.1. The van der Waals surface area contributed by atoms with Crippen molar-refractivity contribution >= 4 is 5.91 Å². The third-order valence-electron chi connectivity index (χ3n) is 15.5. The number of amides is 1. The molecule has 1 amide bonds. The van der Waals surface area contributed by atoms with Crippen molar-refractivity contribution in [3.63, 3.8) is 0 Å². The van der Waals surface area contributed by atoms with Gasteiger partial charge in [-0.05, 0) is 51.4 Å². The Kier molecular flexibility index (Phi) is 52.1. The number of aliphatic hydroxyl groups is 5. The molecule has 1 saturated heterocycles. The lowest BCUT2D eigenvalue weighted by Gasteiger charge is -2.40. The molecule has 0 aromatic rings. The van der Waals surface area contributed by atoms with Gasteiger partial charge in [-0.1, -0.05) is 294 Å². The van der Waals surface area contributed by atoms with E-state index < -0.39 is 49.5 Å². The van der Waals surface area contributed by atoms with Gasteiger partial charge in [-0.3, -0.25) is 4.79 Å². The molecule has 0 spiro atoms. The van der Waals surface area contributed by atoms with Gasteiger partial charge in [0.1, 0.15) is 24.4 Å². The minimum atomic E-state index is -1.56. The Hall–Kier alpha value is -1.59. The van der Waals surface area contributed by atoms with E-state index in [2.05, 4.69) is 43.5 Å². The van der Waals surface area contributed by atoms with Gasteiger partial charge < -0.3 is 40.3 Å². The molecule has 436 valence electrons. The summed E-state index contributed by atoms with van der Waals surface area (Å²) < 4.78 is 11.3. The van der Waals surface area contributed by atoms with Crippen molar-refractivity contribution < 1.29 is 39.8 Å². The van der Waals surface area contributed by atoms with E-state index in [9.17, 15) is 30.3 Å². The summed E-state index contributed by atoms with van der Waals surface area (Å²) in [7, 11) is 0. The Balaban J connectivity index is 2.05. The topological polar surface area (TPSA) is 149 Å². The van der Waals surface area contributed by atoms with E-state index in [-0.39, 0.29) is 12.5 Å². The van der Waals surface area contributed by atoms with E-state index >= 15 is 0 Å². The fourth-order valence-corrected chi connectivity index (χ4v) is 10.4. The van der Waals surface area contributed by atoms with E-state index in [1.165, 1.54) is 250 Å². The van der Waals surface area contributed by atoms with Crippen LogP contribution in [0.2, 0.25) is 0 Å². The molecule has 0 saturated carbocycles. The Bertz CT molecular complexity index is 1260. The van der Waals surface area contributed by atoms with Crippen LogP contribution in [-0.4, -0.2) is 87.5 Å². The third-order valence-corrected chi connectivity index (χ3v) is 15.5.